The molecule has 0 spiro atoms. The highest BCUT2D eigenvalue weighted by molar-refractivity contribution is 5.92. The van der Waals surface area contributed by atoms with E-state index < -0.39 is 0 Å². The molecule has 0 aliphatic heterocycles. The summed E-state index contributed by atoms with van der Waals surface area (Å²) in [6.45, 7) is 0.482. The normalized spacial score (nSPS) is 11.4. The summed E-state index contributed by atoms with van der Waals surface area (Å²) >= 11 is 0. The van der Waals surface area contributed by atoms with Crippen LogP contribution in [0.4, 0.5) is 5.69 Å². The van der Waals surface area contributed by atoms with Crippen molar-refractivity contribution in [3.63, 3.8) is 0 Å². The summed E-state index contributed by atoms with van der Waals surface area (Å²) in [6, 6.07) is 13.6. The first kappa shape index (κ1) is 13.8. The highest BCUT2D eigenvalue weighted by atomic mass is 15.1. The van der Waals surface area contributed by atoms with Gasteiger partial charge in [-0.05, 0) is 29.8 Å². The Morgan fingerprint density at radius 1 is 1.18 bits per heavy atom. The number of nitrogens with one attached hydrogen (secondary N) is 1. The molecule has 6 nitrogen and oxygen atoms in total. The van der Waals surface area contributed by atoms with Crippen LogP contribution < -0.4 is 11.1 Å². The standard InChI is InChI=1S/C16H16N6/c17-16(21-14-4-2-1-3-5-14)20-11-13-6-7-19-15(10-13)22-9-8-18-12-22/h1-10,12H,11H2,(H3,17,20,21). The number of nitrogens with zero attached hydrogens (tertiary/aromatic N) is 4. The maximum absolute atomic E-state index is 5.89. The average Bonchev–Trinajstić information content (AvgIpc) is 3.09. The van der Waals surface area contributed by atoms with Crippen LogP contribution in [-0.4, -0.2) is 20.5 Å². The number of imidazole rings is 1. The van der Waals surface area contributed by atoms with E-state index in [0.29, 0.717) is 12.5 Å². The molecule has 6 heteroatoms. The Labute approximate surface area is 128 Å². The van der Waals surface area contributed by atoms with Crippen molar-refractivity contribution in [2.45, 2.75) is 6.54 Å². The molecule has 3 N–H and O–H groups in total. The summed E-state index contributed by atoms with van der Waals surface area (Å²) in [5.41, 5.74) is 7.83. The van der Waals surface area contributed by atoms with Gasteiger partial charge in [0.05, 0.1) is 6.54 Å². The molecular formula is C16H16N6. The maximum Gasteiger partial charge on any atom is 0.193 e. The van der Waals surface area contributed by atoms with Gasteiger partial charge in [0, 0.05) is 24.3 Å². The van der Waals surface area contributed by atoms with Crippen molar-refractivity contribution >= 4 is 11.6 Å². The van der Waals surface area contributed by atoms with Gasteiger partial charge in [0.1, 0.15) is 12.1 Å². The second-order valence-electron chi connectivity index (χ2n) is 4.68. The molecule has 0 aliphatic rings. The quantitative estimate of drug-likeness (QED) is 0.570. The fourth-order valence-corrected chi connectivity index (χ4v) is 1.98. The van der Waals surface area contributed by atoms with E-state index in [9.17, 15) is 0 Å². The Kier molecular flexibility index (Phi) is 4.10. The fourth-order valence-electron chi connectivity index (χ4n) is 1.98. The molecule has 0 amide bonds. The number of aliphatic imine (C=N–C) groups is 1. The molecule has 0 atom stereocenters. The van der Waals surface area contributed by atoms with Gasteiger partial charge >= 0.3 is 0 Å². The van der Waals surface area contributed by atoms with Gasteiger partial charge in [-0.1, -0.05) is 18.2 Å². The van der Waals surface area contributed by atoms with Gasteiger partial charge in [0.15, 0.2) is 5.96 Å². The highest BCUT2D eigenvalue weighted by Crippen LogP contribution is 2.08. The Balaban J connectivity index is 1.68. The van der Waals surface area contributed by atoms with E-state index in [4.69, 9.17) is 5.73 Å². The smallest absolute Gasteiger partial charge is 0.193 e. The molecule has 2 heterocycles. The molecule has 22 heavy (non-hydrogen) atoms. The molecule has 2 aromatic heterocycles. The van der Waals surface area contributed by atoms with Crippen molar-refractivity contribution in [3.05, 3.63) is 72.9 Å². The number of aromatic nitrogens is 3. The van der Waals surface area contributed by atoms with Crippen molar-refractivity contribution in [3.8, 4) is 5.82 Å². The molecule has 0 unspecified atom stereocenters. The minimum Gasteiger partial charge on any atom is -0.370 e. The van der Waals surface area contributed by atoms with Gasteiger partial charge in [0.2, 0.25) is 0 Å². The van der Waals surface area contributed by atoms with E-state index in [1.165, 1.54) is 0 Å². The van der Waals surface area contributed by atoms with Crippen LogP contribution in [0.25, 0.3) is 5.82 Å². The first-order valence-electron chi connectivity index (χ1n) is 6.86. The van der Waals surface area contributed by atoms with Crippen LogP contribution in [0.15, 0.2) is 72.4 Å². The number of anilines is 1. The SMILES string of the molecule is NC(=NCc1ccnc(-n2ccnc2)c1)Nc1ccccc1. The third-order valence-electron chi connectivity index (χ3n) is 3.06. The lowest BCUT2D eigenvalue weighted by Crippen LogP contribution is -2.22. The van der Waals surface area contributed by atoms with Crippen LogP contribution in [0, 0.1) is 0 Å². The zero-order valence-corrected chi connectivity index (χ0v) is 11.9. The Bertz CT molecular complexity index is 749. The number of guanidine groups is 1. The Morgan fingerprint density at radius 3 is 2.82 bits per heavy atom. The number of benzene rings is 1. The maximum atomic E-state index is 5.89. The second kappa shape index (κ2) is 6.53. The van der Waals surface area contributed by atoms with Gasteiger partial charge in [-0.15, -0.1) is 0 Å². The zero-order chi connectivity index (χ0) is 15.2. The molecule has 3 rings (SSSR count). The minimum atomic E-state index is 0.382. The predicted molar refractivity (Wildman–Crippen MR) is 86.8 cm³/mol. The van der Waals surface area contributed by atoms with E-state index >= 15 is 0 Å². The summed E-state index contributed by atoms with van der Waals surface area (Å²) in [7, 11) is 0. The van der Waals surface area contributed by atoms with Crippen molar-refractivity contribution < 1.29 is 0 Å². The van der Waals surface area contributed by atoms with E-state index in [-0.39, 0.29) is 0 Å². The number of para-hydroxylation sites is 1. The first-order chi connectivity index (χ1) is 10.8. The summed E-state index contributed by atoms with van der Waals surface area (Å²) in [5, 5.41) is 3.05. The molecule has 0 saturated carbocycles. The van der Waals surface area contributed by atoms with Crippen LogP contribution in [0.5, 0.6) is 0 Å². The molecule has 0 fully saturated rings. The summed E-state index contributed by atoms with van der Waals surface area (Å²) in [4.78, 5) is 12.7. The van der Waals surface area contributed by atoms with Gasteiger partial charge in [-0.2, -0.15) is 0 Å². The number of nitrogens with two attached hydrogens (primary N) is 1. The van der Waals surface area contributed by atoms with E-state index in [1.807, 2.05) is 53.2 Å². The minimum absolute atomic E-state index is 0.382. The highest BCUT2D eigenvalue weighted by Gasteiger charge is 2.00. The van der Waals surface area contributed by atoms with Crippen molar-refractivity contribution in [2.75, 3.05) is 5.32 Å². The van der Waals surface area contributed by atoms with Crippen LogP contribution in [0.3, 0.4) is 0 Å². The van der Waals surface area contributed by atoms with Crippen LogP contribution in [0.2, 0.25) is 0 Å². The monoisotopic (exact) mass is 292 g/mol. The lowest BCUT2D eigenvalue weighted by molar-refractivity contribution is 0.968. The van der Waals surface area contributed by atoms with Gasteiger partial charge in [-0.3, -0.25) is 4.57 Å². The lowest BCUT2D eigenvalue weighted by atomic mass is 10.2. The number of hydrogen-bond acceptors (Lipinski definition) is 3. The van der Waals surface area contributed by atoms with Crippen molar-refractivity contribution in [1.82, 2.24) is 14.5 Å². The molecule has 0 bridgehead atoms. The number of hydrogen-bond donors (Lipinski definition) is 2. The largest absolute Gasteiger partial charge is 0.370 e. The van der Waals surface area contributed by atoms with Crippen LogP contribution >= 0.6 is 0 Å². The third kappa shape index (κ3) is 3.49. The van der Waals surface area contributed by atoms with Gasteiger partial charge in [0.25, 0.3) is 0 Å². The van der Waals surface area contributed by atoms with Gasteiger partial charge < -0.3 is 11.1 Å². The molecule has 0 radical (unpaired) electrons. The van der Waals surface area contributed by atoms with Crippen LogP contribution in [0.1, 0.15) is 5.56 Å². The van der Waals surface area contributed by atoms with Crippen molar-refractivity contribution in [2.24, 2.45) is 10.7 Å². The summed E-state index contributed by atoms with van der Waals surface area (Å²) < 4.78 is 1.85. The molecule has 110 valence electrons. The molecule has 0 saturated heterocycles. The van der Waals surface area contributed by atoms with E-state index in [2.05, 4.69) is 20.3 Å². The molecular weight excluding hydrogens is 276 g/mol. The molecule has 3 aromatic rings. The summed E-state index contributed by atoms with van der Waals surface area (Å²) in [5.74, 6) is 1.19. The third-order valence-corrected chi connectivity index (χ3v) is 3.06. The topological polar surface area (TPSA) is 81.1 Å². The van der Waals surface area contributed by atoms with Crippen LogP contribution in [-0.2, 0) is 6.54 Å². The molecule has 0 aliphatic carbocycles. The molecule has 1 aromatic carbocycles. The predicted octanol–water partition coefficient (Wildman–Crippen LogP) is 2.19. The van der Waals surface area contributed by atoms with E-state index in [0.717, 1.165) is 17.1 Å². The Morgan fingerprint density at radius 2 is 2.05 bits per heavy atom. The second-order valence-corrected chi connectivity index (χ2v) is 4.68. The Hall–Kier alpha value is -3.15. The zero-order valence-electron chi connectivity index (χ0n) is 11.9. The van der Waals surface area contributed by atoms with Crippen molar-refractivity contribution in [1.29, 1.82) is 0 Å². The van der Waals surface area contributed by atoms with E-state index in [1.54, 1.807) is 18.7 Å². The first-order valence-corrected chi connectivity index (χ1v) is 6.86. The number of rotatable bonds is 4. The summed E-state index contributed by atoms with van der Waals surface area (Å²) in [6.07, 6.45) is 7.02. The lowest BCUT2D eigenvalue weighted by Gasteiger charge is -2.06. The average molecular weight is 292 g/mol. The number of pyridine rings is 1. The fraction of sp³-hybridized carbons (Fsp3) is 0.0625. The van der Waals surface area contributed by atoms with Gasteiger partial charge in [-0.25, -0.2) is 15.0 Å².